The SMILES string of the molecule is COC(=O)C1=NCCC(/C=C/N2c3cc(O)c(O)cc3C[C@H]2C(=O)O)=C1. The second-order valence-corrected chi connectivity index (χ2v) is 5.98. The zero-order valence-electron chi connectivity index (χ0n) is 14.0. The van der Waals surface area contributed by atoms with Crippen molar-refractivity contribution in [3.63, 3.8) is 0 Å². The molecule has 0 bridgehead atoms. The van der Waals surface area contributed by atoms with Gasteiger partial charge in [0.25, 0.3) is 0 Å². The molecule has 0 spiro atoms. The van der Waals surface area contributed by atoms with Crippen LogP contribution in [0.1, 0.15) is 12.0 Å². The number of dihydropyridines is 1. The number of fused-ring (bicyclic) bond motifs is 1. The zero-order chi connectivity index (χ0) is 18.8. The average Bonchev–Trinajstić information content (AvgIpc) is 2.97. The van der Waals surface area contributed by atoms with Gasteiger partial charge in [-0.15, -0.1) is 0 Å². The highest BCUT2D eigenvalue weighted by molar-refractivity contribution is 6.41. The van der Waals surface area contributed by atoms with Gasteiger partial charge in [-0.3, -0.25) is 4.99 Å². The maximum atomic E-state index is 11.6. The Hall–Kier alpha value is -3.29. The fraction of sp³-hybridized carbons (Fsp3) is 0.278. The number of carbonyl (C=O) groups is 2. The van der Waals surface area contributed by atoms with Gasteiger partial charge >= 0.3 is 11.9 Å². The van der Waals surface area contributed by atoms with E-state index in [2.05, 4.69) is 9.73 Å². The number of allylic oxidation sites excluding steroid dienone is 1. The Kier molecular flexibility index (Phi) is 4.66. The highest BCUT2D eigenvalue weighted by Crippen LogP contribution is 2.40. The number of methoxy groups -OCH3 is 1. The third-order valence-corrected chi connectivity index (χ3v) is 4.34. The van der Waals surface area contributed by atoms with Gasteiger partial charge in [0.05, 0.1) is 7.11 Å². The molecule has 0 amide bonds. The van der Waals surface area contributed by atoms with E-state index in [-0.39, 0.29) is 23.6 Å². The lowest BCUT2D eigenvalue weighted by molar-refractivity contribution is -0.138. The van der Waals surface area contributed by atoms with Crippen LogP contribution in [0.25, 0.3) is 0 Å². The zero-order valence-corrected chi connectivity index (χ0v) is 14.0. The number of aliphatic imine (C=N–C) groups is 1. The molecular weight excluding hydrogens is 340 g/mol. The smallest absolute Gasteiger partial charge is 0.356 e. The summed E-state index contributed by atoms with van der Waals surface area (Å²) >= 11 is 0. The predicted molar refractivity (Wildman–Crippen MR) is 93.5 cm³/mol. The van der Waals surface area contributed by atoms with Crippen molar-refractivity contribution in [3.05, 3.63) is 41.6 Å². The van der Waals surface area contributed by atoms with Crippen molar-refractivity contribution in [2.45, 2.75) is 18.9 Å². The molecule has 0 saturated heterocycles. The van der Waals surface area contributed by atoms with E-state index in [1.165, 1.54) is 24.1 Å². The number of carboxylic acid groups (broad SMARTS) is 1. The number of carbonyl (C=O) groups excluding carboxylic acids is 1. The lowest BCUT2D eigenvalue weighted by Gasteiger charge is -2.21. The molecule has 0 unspecified atom stereocenters. The second kappa shape index (κ2) is 6.91. The number of hydrogen-bond donors (Lipinski definition) is 3. The summed E-state index contributed by atoms with van der Waals surface area (Å²) in [5.74, 6) is -2.14. The van der Waals surface area contributed by atoms with Crippen LogP contribution >= 0.6 is 0 Å². The van der Waals surface area contributed by atoms with Crippen molar-refractivity contribution >= 4 is 23.3 Å². The van der Waals surface area contributed by atoms with E-state index in [9.17, 15) is 24.9 Å². The third kappa shape index (κ3) is 3.26. The Labute approximate surface area is 149 Å². The molecule has 8 heteroatoms. The first kappa shape index (κ1) is 17.5. The Morgan fingerprint density at radius 1 is 1.31 bits per heavy atom. The van der Waals surface area contributed by atoms with Crippen LogP contribution in [0.2, 0.25) is 0 Å². The molecular formula is C18H18N2O6. The largest absolute Gasteiger partial charge is 0.504 e. The average molecular weight is 358 g/mol. The summed E-state index contributed by atoms with van der Waals surface area (Å²) in [5.41, 5.74) is 2.17. The van der Waals surface area contributed by atoms with Gasteiger partial charge in [-0.25, -0.2) is 9.59 Å². The van der Waals surface area contributed by atoms with Gasteiger partial charge in [-0.2, -0.15) is 0 Å². The summed E-state index contributed by atoms with van der Waals surface area (Å²) in [6.07, 6.45) is 5.74. The molecule has 0 fully saturated rings. The quantitative estimate of drug-likeness (QED) is 0.549. The summed E-state index contributed by atoms with van der Waals surface area (Å²) < 4.78 is 4.66. The van der Waals surface area contributed by atoms with Crippen LogP contribution in [-0.2, 0) is 20.7 Å². The minimum atomic E-state index is -1.01. The Balaban J connectivity index is 1.90. The van der Waals surface area contributed by atoms with Crippen LogP contribution in [-0.4, -0.2) is 52.7 Å². The number of benzene rings is 1. The van der Waals surface area contributed by atoms with Crippen molar-refractivity contribution in [3.8, 4) is 11.5 Å². The number of phenols is 2. The lowest BCUT2D eigenvalue weighted by atomic mass is 10.1. The summed E-state index contributed by atoms with van der Waals surface area (Å²) in [6.45, 7) is 0.439. The number of aliphatic carboxylic acids is 1. The monoisotopic (exact) mass is 358 g/mol. The minimum Gasteiger partial charge on any atom is -0.504 e. The van der Waals surface area contributed by atoms with Gasteiger partial charge in [0.15, 0.2) is 11.5 Å². The molecule has 1 aromatic rings. The molecule has 2 aliphatic rings. The summed E-state index contributed by atoms with van der Waals surface area (Å²) in [5, 5.41) is 28.9. The number of nitrogens with zero attached hydrogens (tertiary/aromatic N) is 2. The van der Waals surface area contributed by atoms with Crippen molar-refractivity contribution < 1.29 is 29.6 Å². The van der Waals surface area contributed by atoms with E-state index >= 15 is 0 Å². The van der Waals surface area contributed by atoms with Crippen molar-refractivity contribution in [1.82, 2.24) is 0 Å². The van der Waals surface area contributed by atoms with E-state index in [1.807, 2.05) is 0 Å². The fourth-order valence-electron chi connectivity index (χ4n) is 3.01. The van der Waals surface area contributed by atoms with Crippen LogP contribution < -0.4 is 4.90 Å². The normalized spacial score (nSPS) is 19.1. The first-order valence-corrected chi connectivity index (χ1v) is 7.98. The Morgan fingerprint density at radius 3 is 2.73 bits per heavy atom. The molecule has 2 heterocycles. The number of anilines is 1. The second-order valence-electron chi connectivity index (χ2n) is 5.98. The van der Waals surface area contributed by atoms with Gasteiger partial charge in [0.2, 0.25) is 0 Å². The molecule has 3 rings (SSSR count). The van der Waals surface area contributed by atoms with Crippen molar-refractivity contribution in [1.29, 1.82) is 0 Å². The molecule has 136 valence electrons. The first-order valence-electron chi connectivity index (χ1n) is 7.98. The van der Waals surface area contributed by atoms with E-state index in [4.69, 9.17) is 0 Å². The number of hydrogen-bond acceptors (Lipinski definition) is 7. The molecule has 2 aliphatic heterocycles. The number of rotatable bonds is 4. The molecule has 1 aromatic carbocycles. The number of aromatic hydroxyl groups is 2. The van der Waals surface area contributed by atoms with Crippen LogP contribution in [0.4, 0.5) is 5.69 Å². The van der Waals surface area contributed by atoms with Gasteiger partial charge in [0, 0.05) is 30.9 Å². The Bertz CT molecular complexity index is 855. The molecule has 26 heavy (non-hydrogen) atoms. The highest BCUT2D eigenvalue weighted by atomic mass is 16.5. The molecule has 1 atom stereocenters. The van der Waals surface area contributed by atoms with Crippen LogP contribution in [0, 0.1) is 0 Å². The molecule has 3 N–H and O–H groups in total. The topological polar surface area (TPSA) is 120 Å². The maximum absolute atomic E-state index is 11.6. The van der Waals surface area contributed by atoms with E-state index in [1.54, 1.807) is 18.4 Å². The summed E-state index contributed by atoms with van der Waals surface area (Å²) in [6, 6.07) is 1.87. The molecule has 0 radical (unpaired) electrons. The number of esters is 1. The van der Waals surface area contributed by atoms with Crippen LogP contribution in [0.5, 0.6) is 11.5 Å². The fourth-order valence-corrected chi connectivity index (χ4v) is 3.01. The van der Waals surface area contributed by atoms with Gasteiger partial charge in [-0.05, 0) is 35.8 Å². The molecule has 0 aromatic heterocycles. The van der Waals surface area contributed by atoms with Gasteiger partial charge in [0.1, 0.15) is 11.8 Å². The Morgan fingerprint density at radius 2 is 2.04 bits per heavy atom. The van der Waals surface area contributed by atoms with E-state index < -0.39 is 18.0 Å². The van der Waals surface area contributed by atoms with E-state index in [0.29, 0.717) is 24.2 Å². The van der Waals surface area contributed by atoms with Crippen LogP contribution in [0.15, 0.2) is 41.1 Å². The first-order chi connectivity index (χ1) is 12.4. The van der Waals surface area contributed by atoms with Gasteiger partial charge in [-0.1, -0.05) is 0 Å². The predicted octanol–water partition coefficient (Wildman–Crippen LogP) is 1.37. The molecule has 8 nitrogen and oxygen atoms in total. The van der Waals surface area contributed by atoms with Crippen molar-refractivity contribution in [2.24, 2.45) is 4.99 Å². The summed E-state index contributed by atoms with van der Waals surface area (Å²) in [7, 11) is 1.28. The summed E-state index contributed by atoms with van der Waals surface area (Å²) in [4.78, 5) is 28.8. The number of phenolic OH excluding ortho intramolecular Hbond substituents is 2. The maximum Gasteiger partial charge on any atom is 0.356 e. The standard InChI is InChI=1S/C18H18N2O6/c1-26-18(25)12-6-10(2-4-19-12)3-5-20-13-9-16(22)15(21)8-11(13)7-14(20)17(23)24/h3,5-6,8-9,14,21-22H,2,4,7H2,1H3,(H,23,24)/b5-3+/t14-/m0/s1. The number of ether oxygens (including phenoxy) is 1. The lowest BCUT2D eigenvalue weighted by Crippen LogP contribution is -2.34. The molecule has 0 aliphatic carbocycles. The third-order valence-electron chi connectivity index (χ3n) is 4.34. The van der Waals surface area contributed by atoms with Gasteiger partial charge < -0.3 is 25.0 Å². The highest BCUT2D eigenvalue weighted by Gasteiger charge is 2.34. The van der Waals surface area contributed by atoms with Crippen molar-refractivity contribution in [2.75, 3.05) is 18.6 Å². The van der Waals surface area contributed by atoms with Crippen LogP contribution in [0.3, 0.4) is 0 Å². The molecule has 0 saturated carbocycles. The number of carboxylic acids is 1. The van der Waals surface area contributed by atoms with E-state index in [0.717, 1.165) is 5.57 Å². The minimum absolute atomic E-state index is 0.205.